The monoisotopic (exact) mass is 310 g/mol. The van der Waals surface area contributed by atoms with E-state index >= 15 is 0 Å². The van der Waals surface area contributed by atoms with Crippen LogP contribution in [0.25, 0.3) is 11.1 Å². The van der Waals surface area contributed by atoms with E-state index in [0.29, 0.717) is 24.8 Å². The highest BCUT2D eigenvalue weighted by atomic mass is 16.5. The van der Waals surface area contributed by atoms with E-state index in [4.69, 9.17) is 4.74 Å². The molecule has 0 saturated carbocycles. The summed E-state index contributed by atoms with van der Waals surface area (Å²) in [6.45, 7) is 0.581. The molecule has 1 unspecified atom stereocenters. The van der Waals surface area contributed by atoms with Crippen LogP contribution in [0.4, 0.5) is 0 Å². The molecule has 6 heteroatoms. The molecule has 1 spiro atoms. The summed E-state index contributed by atoms with van der Waals surface area (Å²) in [4.78, 5) is 12.3. The average Bonchev–Trinajstić information content (AvgIpc) is 2.99. The number of amidine groups is 1. The molecule has 1 atom stereocenters. The molecular weight excluding hydrogens is 292 g/mol. The first kappa shape index (κ1) is 14.0. The van der Waals surface area contributed by atoms with Gasteiger partial charge in [-0.15, -0.1) is 0 Å². The van der Waals surface area contributed by atoms with E-state index in [0.717, 1.165) is 29.5 Å². The van der Waals surface area contributed by atoms with Crippen LogP contribution in [-0.4, -0.2) is 40.3 Å². The third-order valence-electron chi connectivity index (χ3n) is 4.71. The Morgan fingerprint density at radius 1 is 1.26 bits per heavy atom. The summed E-state index contributed by atoms with van der Waals surface area (Å²) in [6, 6.07) is 4.29. The number of aliphatic imine (C=N–C) groups is 1. The SMILES string of the molecule is CN=C1NC2(CCc3c(-c4cncnc4)ccc(O)c3C2)CO1. The van der Waals surface area contributed by atoms with E-state index in [9.17, 15) is 5.11 Å². The van der Waals surface area contributed by atoms with Crippen molar-refractivity contribution in [3.8, 4) is 16.9 Å². The fourth-order valence-corrected chi connectivity index (χ4v) is 3.52. The first-order valence-electron chi connectivity index (χ1n) is 7.68. The van der Waals surface area contributed by atoms with E-state index < -0.39 is 0 Å². The molecular formula is C17H18N4O2. The maximum absolute atomic E-state index is 10.4. The first-order valence-corrected chi connectivity index (χ1v) is 7.68. The quantitative estimate of drug-likeness (QED) is 0.838. The Kier molecular flexibility index (Phi) is 3.18. The molecule has 118 valence electrons. The van der Waals surface area contributed by atoms with Crippen LogP contribution in [0.3, 0.4) is 0 Å². The van der Waals surface area contributed by atoms with Crippen molar-refractivity contribution in [3.63, 3.8) is 0 Å². The molecule has 1 fully saturated rings. The standard InChI is InChI=1S/C17H18N4O2/c1-18-16-21-17(9-23-16)5-4-13-12(11-7-19-10-20-8-11)2-3-15(22)14(13)6-17/h2-3,7-8,10,22H,4-6,9H2,1H3,(H,18,21). The van der Waals surface area contributed by atoms with Crippen molar-refractivity contribution in [2.45, 2.75) is 24.8 Å². The van der Waals surface area contributed by atoms with Crippen LogP contribution in [0.15, 0.2) is 35.8 Å². The number of hydrogen-bond acceptors (Lipinski definition) is 5. The van der Waals surface area contributed by atoms with Gasteiger partial charge in [-0.1, -0.05) is 6.07 Å². The van der Waals surface area contributed by atoms with Gasteiger partial charge >= 0.3 is 0 Å². The molecule has 2 heterocycles. The summed E-state index contributed by atoms with van der Waals surface area (Å²) in [5, 5.41) is 13.7. The zero-order valence-corrected chi connectivity index (χ0v) is 12.9. The first-order chi connectivity index (χ1) is 11.2. The molecule has 23 heavy (non-hydrogen) atoms. The highest BCUT2D eigenvalue weighted by Gasteiger charge is 2.42. The van der Waals surface area contributed by atoms with Crippen molar-refractivity contribution in [3.05, 3.63) is 42.0 Å². The molecule has 0 bridgehead atoms. The second kappa shape index (κ2) is 5.22. The maximum Gasteiger partial charge on any atom is 0.284 e. The minimum Gasteiger partial charge on any atom is -0.508 e. The molecule has 4 rings (SSSR count). The van der Waals surface area contributed by atoms with Crippen LogP contribution in [0, 0.1) is 0 Å². The number of ether oxygens (including phenoxy) is 1. The zero-order valence-electron chi connectivity index (χ0n) is 12.9. The minimum atomic E-state index is -0.175. The number of aromatic hydroxyl groups is 1. The molecule has 1 saturated heterocycles. The van der Waals surface area contributed by atoms with Gasteiger partial charge in [0, 0.05) is 37.0 Å². The van der Waals surface area contributed by atoms with Gasteiger partial charge in [0.25, 0.3) is 6.02 Å². The van der Waals surface area contributed by atoms with Gasteiger partial charge < -0.3 is 15.2 Å². The van der Waals surface area contributed by atoms with Crippen LogP contribution < -0.4 is 5.32 Å². The number of benzene rings is 1. The summed E-state index contributed by atoms with van der Waals surface area (Å²) >= 11 is 0. The third-order valence-corrected chi connectivity index (χ3v) is 4.71. The van der Waals surface area contributed by atoms with Crippen molar-refractivity contribution in [2.75, 3.05) is 13.7 Å². The minimum absolute atomic E-state index is 0.175. The molecule has 6 nitrogen and oxygen atoms in total. The molecule has 2 aromatic rings. The normalized spacial score (nSPS) is 24.3. The zero-order chi connectivity index (χ0) is 15.9. The maximum atomic E-state index is 10.4. The van der Waals surface area contributed by atoms with E-state index in [-0.39, 0.29) is 5.54 Å². The van der Waals surface area contributed by atoms with Crippen LogP contribution in [0.5, 0.6) is 5.75 Å². The second-order valence-corrected chi connectivity index (χ2v) is 6.12. The molecule has 1 aromatic carbocycles. The number of nitrogens with one attached hydrogen (secondary N) is 1. The van der Waals surface area contributed by atoms with Crippen LogP contribution in [-0.2, 0) is 17.6 Å². The van der Waals surface area contributed by atoms with Gasteiger partial charge in [-0.25, -0.2) is 15.0 Å². The Morgan fingerprint density at radius 3 is 2.83 bits per heavy atom. The van der Waals surface area contributed by atoms with Gasteiger partial charge in [0.05, 0.1) is 5.54 Å². The molecule has 2 N–H and O–H groups in total. The highest BCUT2D eigenvalue weighted by molar-refractivity contribution is 5.77. The molecule has 1 aliphatic carbocycles. The Morgan fingerprint density at radius 2 is 2.09 bits per heavy atom. The van der Waals surface area contributed by atoms with Gasteiger partial charge in [-0.05, 0) is 30.0 Å². The summed E-state index contributed by atoms with van der Waals surface area (Å²) < 4.78 is 5.60. The van der Waals surface area contributed by atoms with E-state index in [2.05, 4.69) is 20.3 Å². The summed E-state index contributed by atoms with van der Waals surface area (Å²) in [5.41, 5.74) is 4.05. The summed E-state index contributed by atoms with van der Waals surface area (Å²) in [6.07, 6.45) is 7.65. The van der Waals surface area contributed by atoms with Crippen molar-refractivity contribution in [1.29, 1.82) is 0 Å². The Labute approximate surface area is 134 Å². The average molecular weight is 310 g/mol. The van der Waals surface area contributed by atoms with Gasteiger partial charge in [-0.2, -0.15) is 0 Å². The Hall–Kier alpha value is -2.63. The fourth-order valence-electron chi connectivity index (χ4n) is 3.52. The smallest absolute Gasteiger partial charge is 0.284 e. The van der Waals surface area contributed by atoms with Gasteiger partial charge in [-0.3, -0.25) is 0 Å². The molecule has 0 amide bonds. The van der Waals surface area contributed by atoms with E-state index in [1.165, 1.54) is 11.9 Å². The second-order valence-electron chi connectivity index (χ2n) is 6.12. The van der Waals surface area contributed by atoms with Crippen molar-refractivity contribution >= 4 is 6.02 Å². The molecule has 2 aliphatic rings. The lowest BCUT2D eigenvalue weighted by Gasteiger charge is -2.34. The van der Waals surface area contributed by atoms with Gasteiger partial charge in [0.1, 0.15) is 18.7 Å². The Balaban J connectivity index is 1.75. The lowest BCUT2D eigenvalue weighted by Crippen LogP contribution is -2.48. The number of rotatable bonds is 1. The van der Waals surface area contributed by atoms with Gasteiger partial charge in [0.2, 0.25) is 0 Å². The number of fused-ring (bicyclic) bond motifs is 1. The predicted molar refractivity (Wildman–Crippen MR) is 86.3 cm³/mol. The molecule has 0 radical (unpaired) electrons. The van der Waals surface area contributed by atoms with Crippen LogP contribution >= 0.6 is 0 Å². The molecule has 1 aromatic heterocycles. The number of aromatic nitrogens is 2. The fraction of sp³-hybridized carbons (Fsp3) is 0.353. The third kappa shape index (κ3) is 2.30. The summed E-state index contributed by atoms with van der Waals surface area (Å²) in [5.74, 6) is 0.336. The number of phenols is 1. The van der Waals surface area contributed by atoms with Crippen LogP contribution in [0.1, 0.15) is 17.5 Å². The van der Waals surface area contributed by atoms with Crippen molar-refractivity contribution in [1.82, 2.24) is 15.3 Å². The highest BCUT2D eigenvalue weighted by Crippen LogP contribution is 2.40. The van der Waals surface area contributed by atoms with Crippen molar-refractivity contribution in [2.24, 2.45) is 4.99 Å². The summed E-state index contributed by atoms with van der Waals surface area (Å²) in [7, 11) is 1.71. The number of nitrogens with zero attached hydrogens (tertiary/aromatic N) is 3. The lowest BCUT2D eigenvalue weighted by molar-refractivity contribution is 0.240. The topological polar surface area (TPSA) is 79.6 Å². The Bertz CT molecular complexity index is 776. The largest absolute Gasteiger partial charge is 0.508 e. The van der Waals surface area contributed by atoms with Crippen molar-refractivity contribution < 1.29 is 9.84 Å². The number of phenolic OH excluding ortho intramolecular Hbond substituents is 1. The predicted octanol–water partition coefficient (Wildman–Crippen LogP) is 1.68. The van der Waals surface area contributed by atoms with Gasteiger partial charge in [0.15, 0.2) is 0 Å². The van der Waals surface area contributed by atoms with Crippen LogP contribution in [0.2, 0.25) is 0 Å². The van der Waals surface area contributed by atoms with E-state index in [1.54, 1.807) is 13.1 Å². The number of hydrogen-bond donors (Lipinski definition) is 2. The van der Waals surface area contributed by atoms with E-state index in [1.807, 2.05) is 18.5 Å². The molecule has 1 aliphatic heterocycles. The lowest BCUT2D eigenvalue weighted by atomic mass is 9.76.